The number of carbonyl (C=O) groups excluding carboxylic acids is 4. The van der Waals surface area contributed by atoms with Crippen LogP contribution < -0.4 is 10.5 Å². The molecule has 0 radical (unpaired) electrons. The number of nitrogens with zero attached hydrogens (tertiary/aromatic N) is 2. The molecule has 0 saturated carbocycles. The van der Waals surface area contributed by atoms with Gasteiger partial charge in [0.05, 0.1) is 6.61 Å². The average molecular weight is 580 g/mol. The molecule has 10 nitrogen and oxygen atoms in total. The molecule has 3 amide bonds. The number of ether oxygens (including phenoxy) is 3. The standard InChI is InChI=1S/C32H41N3O7/c1-32(2,3)42-28(36)14-13-27(29(33)37)35-20-24-18-25(11-12-26(24)30(35)38)40-17-15-22-10-7-16-34(19-22)31(39)41-21-23-8-5-4-6-9-23/h4-6,8-9,11-12,18,22,27H,7,10,13-17,19-21H2,1-3H3,(H2,33,37)/t22?,27-/m0/s1. The Morgan fingerprint density at radius 2 is 1.86 bits per heavy atom. The van der Waals surface area contributed by atoms with Gasteiger partial charge >= 0.3 is 12.1 Å². The van der Waals surface area contributed by atoms with Crippen LogP contribution >= 0.6 is 0 Å². The van der Waals surface area contributed by atoms with Gasteiger partial charge in [0.2, 0.25) is 5.91 Å². The first-order chi connectivity index (χ1) is 20.0. The summed E-state index contributed by atoms with van der Waals surface area (Å²) in [7, 11) is 0. The number of primary amides is 1. The Morgan fingerprint density at radius 3 is 2.57 bits per heavy atom. The molecule has 2 aliphatic heterocycles. The molecule has 2 heterocycles. The minimum Gasteiger partial charge on any atom is -0.494 e. The van der Waals surface area contributed by atoms with Crippen LogP contribution in [0.3, 0.4) is 0 Å². The van der Waals surface area contributed by atoms with Gasteiger partial charge in [0.25, 0.3) is 5.91 Å². The molecule has 2 aromatic carbocycles. The summed E-state index contributed by atoms with van der Waals surface area (Å²) in [5.74, 6) is -0.482. The van der Waals surface area contributed by atoms with E-state index in [0.717, 1.165) is 30.4 Å². The zero-order valence-corrected chi connectivity index (χ0v) is 24.7. The molecule has 226 valence electrons. The highest BCUT2D eigenvalue weighted by atomic mass is 16.6. The second-order valence-corrected chi connectivity index (χ2v) is 11.9. The molecule has 2 N–H and O–H groups in total. The number of esters is 1. The molecule has 2 atom stereocenters. The lowest BCUT2D eigenvalue weighted by Gasteiger charge is -2.32. The van der Waals surface area contributed by atoms with Crippen LogP contribution in [0.2, 0.25) is 0 Å². The maximum Gasteiger partial charge on any atom is 0.410 e. The lowest BCUT2D eigenvalue weighted by atomic mass is 9.95. The largest absolute Gasteiger partial charge is 0.494 e. The number of benzene rings is 2. The molecule has 0 bridgehead atoms. The maximum absolute atomic E-state index is 13.1. The third-order valence-electron chi connectivity index (χ3n) is 7.43. The first kappa shape index (κ1) is 30.9. The maximum atomic E-state index is 13.1. The monoisotopic (exact) mass is 579 g/mol. The van der Waals surface area contributed by atoms with Gasteiger partial charge in [0.15, 0.2) is 0 Å². The average Bonchev–Trinajstić information content (AvgIpc) is 3.26. The van der Waals surface area contributed by atoms with E-state index in [4.69, 9.17) is 19.9 Å². The van der Waals surface area contributed by atoms with Crippen molar-refractivity contribution in [3.63, 3.8) is 0 Å². The Morgan fingerprint density at radius 1 is 1.10 bits per heavy atom. The van der Waals surface area contributed by atoms with Gasteiger partial charge in [-0.15, -0.1) is 0 Å². The van der Waals surface area contributed by atoms with Crippen molar-refractivity contribution in [2.24, 2.45) is 11.7 Å². The van der Waals surface area contributed by atoms with Crippen molar-refractivity contribution in [3.8, 4) is 5.75 Å². The Hall–Kier alpha value is -4.08. The molecule has 1 fully saturated rings. The smallest absolute Gasteiger partial charge is 0.410 e. The molecule has 42 heavy (non-hydrogen) atoms. The highest BCUT2D eigenvalue weighted by molar-refractivity contribution is 6.01. The van der Waals surface area contributed by atoms with E-state index < -0.39 is 23.5 Å². The summed E-state index contributed by atoms with van der Waals surface area (Å²) < 4.78 is 16.8. The van der Waals surface area contributed by atoms with E-state index >= 15 is 0 Å². The van der Waals surface area contributed by atoms with Gasteiger partial charge in [0.1, 0.15) is 24.0 Å². The lowest BCUT2D eigenvalue weighted by molar-refractivity contribution is -0.155. The van der Waals surface area contributed by atoms with Crippen LogP contribution in [0.25, 0.3) is 0 Å². The number of fused-ring (bicyclic) bond motifs is 1. The van der Waals surface area contributed by atoms with Gasteiger partial charge in [-0.1, -0.05) is 30.3 Å². The molecule has 2 aromatic rings. The van der Waals surface area contributed by atoms with Crippen LogP contribution in [0.4, 0.5) is 4.79 Å². The van der Waals surface area contributed by atoms with Crippen molar-refractivity contribution in [1.82, 2.24) is 9.80 Å². The summed E-state index contributed by atoms with van der Waals surface area (Å²) in [6.07, 6.45) is 2.47. The van der Waals surface area contributed by atoms with Crippen LogP contribution in [0.5, 0.6) is 5.75 Å². The van der Waals surface area contributed by atoms with Gasteiger partial charge in [-0.05, 0) is 81.7 Å². The number of rotatable bonds is 11. The van der Waals surface area contributed by atoms with Gasteiger partial charge in [0, 0.05) is 31.6 Å². The summed E-state index contributed by atoms with van der Waals surface area (Å²) in [6, 6.07) is 14.0. The molecule has 4 rings (SSSR count). The Balaban J connectivity index is 1.25. The van der Waals surface area contributed by atoms with E-state index in [1.165, 1.54) is 4.90 Å². The van der Waals surface area contributed by atoms with Crippen molar-refractivity contribution >= 4 is 23.9 Å². The summed E-state index contributed by atoms with van der Waals surface area (Å²) in [5, 5.41) is 0. The summed E-state index contributed by atoms with van der Waals surface area (Å²) in [6.45, 7) is 7.54. The second kappa shape index (κ2) is 13.7. The minimum atomic E-state index is -0.921. The number of carbonyl (C=O) groups is 4. The fourth-order valence-electron chi connectivity index (χ4n) is 5.38. The van der Waals surface area contributed by atoms with Crippen LogP contribution in [0.1, 0.15) is 74.4 Å². The van der Waals surface area contributed by atoms with E-state index in [1.807, 2.05) is 36.4 Å². The third-order valence-corrected chi connectivity index (χ3v) is 7.43. The van der Waals surface area contributed by atoms with Crippen LogP contribution in [0.15, 0.2) is 48.5 Å². The van der Waals surface area contributed by atoms with E-state index in [0.29, 0.717) is 36.9 Å². The second-order valence-electron chi connectivity index (χ2n) is 11.9. The normalized spacial score (nSPS) is 17.4. The Labute approximate surface area is 247 Å². The van der Waals surface area contributed by atoms with Gasteiger partial charge in [-0.25, -0.2) is 4.79 Å². The molecular weight excluding hydrogens is 538 g/mol. The first-order valence-electron chi connectivity index (χ1n) is 14.5. The van der Waals surface area contributed by atoms with Gasteiger partial charge in [-0.3, -0.25) is 14.4 Å². The van der Waals surface area contributed by atoms with Crippen molar-refractivity contribution in [3.05, 3.63) is 65.2 Å². The lowest BCUT2D eigenvalue weighted by Crippen LogP contribution is -2.45. The van der Waals surface area contributed by atoms with Crippen molar-refractivity contribution in [2.75, 3.05) is 19.7 Å². The zero-order chi connectivity index (χ0) is 30.3. The summed E-state index contributed by atoms with van der Waals surface area (Å²) >= 11 is 0. The van der Waals surface area contributed by atoms with Crippen molar-refractivity contribution in [1.29, 1.82) is 0 Å². The Kier molecular flexibility index (Phi) is 10.1. The summed E-state index contributed by atoms with van der Waals surface area (Å²) in [5.41, 5.74) is 7.17. The molecule has 10 heteroatoms. The Bertz CT molecular complexity index is 1270. The highest BCUT2D eigenvalue weighted by Crippen LogP contribution is 2.30. The number of nitrogens with two attached hydrogens (primary N) is 1. The zero-order valence-electron chi connectivity index (χ0n) is 24.7. The van der Waals surface area contributed by atoms with Crippen LogP contribution in [-0.4, -0.2) is 65.0 Å². The predicted molar refractivity (Wildman–Crippen MR) is 155 cm³/mol. The molecule has 1 unspecified atom stereocenters. The number of likely N-dealkylation sites (tertiary alicyclic amines) is 1. The summed E-state index contributed by atoms with van der Waals surface area (Å²) in [4.78, 5) is 53.2. The molecular formula is C32H41N3O7. The third kappa shape index (κ3) is 8.47. The fraction of sp³-hybridized carbons (Fsp3) is 0.500. The van der Waals surface area contributed by atoms with Crippen LogP contribution in [0, 0.1) is 5.92 Å². The topological polar surface area (TPSA) is 128 Å². The number of hydrogen-bond acceptors (Lipinski definition) is 7. The first-order valence-corrected chi connectivity index (χ1v) is 14.5. The quantitative estimate of drug-likeness (QED) is 0.390. The van der Waals surface area contributed by atoms with Crippen LogP contribution in [-0.2, 0) is 32.2 Å². The molecule has 0 aromatic heterocycles. The van der Waals surface area contributed by atoms with Gasteiger partial charge < -0.3 is 29.7 Å². The van der Waals surface area contributed by atoms with E-state index in [2.05, 4.69) is 0 Å². The minimum absolute atomic E-state index is 0.0251. The predicted octanol–water partition coefficient (Wildman–Crippen LogP) is 4.44. The molecule has 1 saturated heterocycles. The van der Waals surface area contributed by atoms with Crippen molar-refractivity contribution in [2.45, 2.75) is 77.7 Å². The van der Waals surface area contributed by atoms with E-state index in [1.54, 1.807) is 37.8 Å². The van der Waals surface area contributed by atoms with Gasteiger partial charge in [-0.2, -0.15) is 0 Å². The number of amides is 3. The van der Waals surface area contributed by atoms with E-state index in [9.17, 15) is 19.2 Å². The number of piperidine rings is 1. The van der Waals surface area contributed by atoms with E-state index in [-0.39, 0.29) is 38.0 Å². The van der Waals surface area contributed by atoms with Crippen molar-refractivity contribution < 1.29 is 33.4 Å². The highest BCUT2D eigenvalue weighted by Gasteiger charge is 2.36. The molecule has 0 spiro atoms. The molecule has 2 aliphatic rings. The molecule has 0 aliphatic carbocycles. The number of hydrogen-bond donors (Lipinski definition) is 1. The SMILES string of the molecule is CC(C)(C)OC(=O)CC[C@@H](C(N)=O)N1Cc2cc(OCCC3CCCN(C(=O)OCc4ccccc4)C3)ccc2C1=O. The fourth-order valence-corrected chi connectivity index (χ4v) is 5.38.